The number of nitrogens with two attached hydrogens (primary N) is 1. The van der Waals surface area contributed by atoms with Crippen molar-refractivity contribution in [2.75, 3.05) is 20.2 Å². The number of aromatic hydroxyl groups is 1. The topological polar surface area (TPSA) is 75.8 Å². The number of carbonyl (C=O) groups is 1. The van der Waals surface area contributed by atoms with E-state index < -0.39 is 0 Å². The molecule has 0 radical (unpaired) electrons. The number of phenols is 1. The molecule has 1 rings (SSSR count). The Bertz CT molecular complexity index is 393. The van der Waals surface area contributed by atoms with Crippen LogP contribution in [0.4, 0.5) is 0 Å². The molecule has 0 aliphatic rings. The van der Waals surface area contributed by atoms with Crippen LogP contribution in [-0.2, 0) is 11.3 Å². The Balaban J connectivity index is 2.75. The molecule has 0 fully saturated rings. The monoisotopic (exact) mass is 238 g/mol. The summed E-state index contributed by atoms with van der Waals surface area (Å²) in [5, 5.41) is 9.78. The van der Waals surface area contributed by atoms with Crippen molar-refractivity contribution < 1.29 is 14.6 Å². The zero-order chi connectivity index (χ0) is 12.8. The molecule has 1 amide bonds. The molecule has 0 heterocycles. The first-order valence-electron chi connectivity index (χ1n) is 5.43. The standard InChI is InChI=1S/C12H18N2O3/c1-3-14(8-12(13)16)7-9-4-5-10(17-2)6-11(9)15/h4-6,15H,3,7-8H2,1-2H3,(H2,13,16). The molecular weight excluding hydrogens is 220 g/mol. The van der Waals surface area contributed by atoms with Gasteiger partial charge in [0.2, 0.25) is 5.91 Å². The zero-order valence-electron chi connectivity index (χ0n) is 10.1. The largest absolute Gasteiger partial charge is 0.507 e. The van der Waals surface area contributed by atoms with E-state index in [0.717, 1.165) is 5.56 Å². The Morgan fingerprint density at radius 3 is 2.71 bits per heavy atom. The molecule has 5 heteroatoms. The maximum absolute atomic E-state index is 10.8. The fourth-order valence-corrected chi connectivity index (χ4v) is 1.55. The van der Waals surface area contributed by atoms with Gasteiger partial charge in [-0.25, -0.2) is 0 Å². The van der Waals surface area contributed by atoms with Crippen LogP contribution in [0.3, 0.4) is 0 Å². The van der Waals surface area contributed by atoms with E-state index in [1.807, 2.05) is 11.8 Å². The van der Waals surface area contributed by atoms with E-state index in [4.69, 9.17) is 10.5 Å². The van der Waals surface area contributed by atoms with Crippen LogP contribution in [-0.4, -0.2) is 36.1 Å². The number of methoxy groups -OCH3 is 1. The van der Waals surface area contributed by atoms with E-state index in [2.05, 4.69) is 0 Å². The summed E-state index contributed by atoms with van der Waals surface area (Å²) in [6, 6.07) is 5.10. The number of hydrogen-bond donors (Lipinski definition) is 2. The zero-order valence-corrected chi connectivity index (χ0v) is 10.1. The summed E-state index contributed by atoms with van der Waals surface area (Å²) in [5.41, 5.74) is 5.89. The fraction of sp³-hybridized carbons (Fsp3) is 0.417. The minimum absolute atomic E-state index is 0.160. The van der Waals surface area contributed by atoms with Gasteiger partial charge in [-0.3, -0.25) is 9.69 Å². The molecule has 94 valence electrons. The van der Waals surface area contributed by atoms with E-state index >= 15 is 0 Å². The summed E-state index contributed by atoms with van der Waals surface area (Å²) in [4.78, 5) is 12.7. The SMILES string of the molecule is CCN(CC(N)=O)Cc1ccc(OC)cc1O. The molecule has 0 saturated carbocycles. The molecule has 5 nitrogen and oxygen atoms in total. The first-order valence-corrected chi connectivity index (χ1v) is 5.43. The lowest BCUT2D eigenvalue weighted by Gasteiger charge is -2.19. The average Bonchev–Trinajstić information content (AvgIpc) is 2.29. The van der Waals surface area contributed by atoms with Crippen LogP contribution in [0.2, 0.25) is 0 Å². The molecule has 1 aromatic carbocycles. The highest BCUT2D eigenvalue weighted by Crippen LogP contribution is 2.24. The number of primary amides is 1. The molecule has 0 aromatic heterocycles. The highest BCUT2D eigenvalue weighted by atomic mass is 16.5. The van der Waals surface area contributed by atoms with Crippen LogP contribution < -0.4 is 10.5 Å². The lowest BCUT2D eigenvalue weighted by molar-refractivity contribution is -0.119. The quantitative estimate of drug-likeness (QED) is 0.765. The third-order valence-electron chi connectivity index (χ3n) is 2.51. The predicted molar refractivity (Wildman–Crippen MR) is 64.8 cm³/mol. The number of nitrogens with zero attached hydrogens (tertiary/aromatic N) is 1. The second-order valence-corrected chi connectivity index (χ2v) is 3.76. The number of benzene rings is 1. The van der Waals surface area contributed by atoms with Gasteiger partial charge < -0.3 is 15.6 Å². The maximum Gasteiger partial charge on any atom is 0.231 e. The van der Waals surface area contributed by atoms with Gasteiger partial charge >= 0.3 is 0 Å². The Morgan fingerprint density at radius 1 is 1.53 bits per heavy atom. The number of ether oxygens (including phenoxy) is 1. The van der Waals surface area contributed by atoms with E-state index in [-0.39, 0.29) is 18.2 Å². The molecule has 0 unspecified atom stereocenters. The van der Waals surface area contributed by atoms with Crippen molar-refractivity contribution >= 4 is 5.91 Å². The van der Waals surface area contributed by atoms with E-state index in [9.17, 15) is 9.90 Å². The highest BCUT2D eigenvalue weighted by Gasteiger charge is 2.10. The second-order valence-electron chi connectivity index (χ2n) is 3.76. The normalized spacial score (nSPS) is 10.5. The molecule has 0 saturated heterocycles. The van der Waals surface area contributed by atoms with E-state index in [1.165, 1.54) is 0 Å². The van der Waals surface area contributed by atoms with Crippen molar-refractivity contribution in [1.29, 1.82) is 0 Å². The first-order chi connectivity index (χ1) is 8.06. The van der Waals surface area contributed by atoms with Gasteiger partial charge in [-0.05, 0) is 12.6 Å². The summed E-state index contributed by atoms with van der Waals surface area (Å²) in [7, 11) is 1.54. The van der Waals surface area contributed by atoms with E-state index in [0.29, 0.717) is 18.8 Å². The van der Waals surface area contributed by atoms with Crippen molar-refractivity contribution in [3.05, 3.63) is 23.8 Å². The van der Waals surface area contributed by atoms with Gasteiger partial charge in [-0.2, -0.15) is 0 Å². The molecular formula is C12H18N2O3. The van der Waals surface area contributed by atoms with Crippen LogP contribution in [0, 0.1) is 0 Å². The van der Waals surface area contributed by atoms with Crippen LogP contribution in [0.1, 0.15) is 12.5 Å². The lowest BCUT2D eigenvalue weighted by Crippen LogP contribution is -2.33. The number of likely N-dealkylation sites (N-methyl/N-ethyl adjacent to an activating group) is 1. The van der Waals surface area contributed by atoms with Crippen molar-refractivity contribution in [2.24, 2.45) is 5.73 Å². The van der Waals surface area contributed by atoms with Crippen LogP contribution in [0.15, 0.2) is 18.2 Å². The van der Waals surface area contributed by atoms with Crippen molar-refractivity contribution in [3.8, 4) is 11.5 Å². The molecule has 0 atom stereocenters. The summed E-state index contributed by atoms with van der Waals surface area (Å²) < 4.78 is 5.00. The van der Waals surface area contributed by atoms with Crippen LogP contribution >= 0.6 is 0 Å². The number of hydrogen-bond acceptors (Lipinski definition) is 4. The van der Waals surface area contributed by atoms with Crippen molar-refractivity contribution in [3.63, 3.8) is 0 Å². The van der Waals surface area contributed by atoms with Gasteiger partial charge in [0.1, 0.15) is 11.5 Å². The minimum atomic E-state index is -0.375. The second kappa shape index (κ2) is 6.10. The van der Waals surface area contributed by atoms with Gasteiger partial charge in [0, 0.05) is 18.2 Å². The predicted octanol–water partition coefficient (Wildman–Crippen LogP) is 0.708. The molecule has 0 aliphatic carbocycles. The molecule has 0 aliphatic heterocycles. The molecule has 3 N–H and O–H groups in total. The Hall–Kier alpha value is -1.75. The molecule has 0 spiro atoms. The van der Waals surface area contributed by atoms with Crippen LogP contribution in [0.25, 0.3) is 0 Å². The smallest absolute Gasteiger partial charge is 0.231 e. The number of rotatable bonds is 6. The number of amides is 1. The number of carbonyl (C=O) groups excluding carboxylic acids is 1. The third-order valence-corrected chi connectivity index (χ3v) is 2.51. The summed E-state index contributed by atoms with van der Waals surface area (Å²) in [6.07, 6.45) is 0. The lowest BCUT2D eigenvalue weighted by atomic mass is 10.1. The van der Waals surface area contributed by atoms with Gasteiger partial charge in [0.05, 0.1) is 13.7 Å². The third kappa shape index (κ3) is 3.96. The Labute approximate surface area is 101 Å². The van der Waals surface area contributed by atoms with E-state index in [1.54, 1.807) is 25.3 Å². The van der Waals surface area contributed by atoms with Gasteiger partial charge in [-0.15, -0.1) is 0 Å². The summed E-state index contributed by atoms with van der Waals surface area (Å²) in [5.74, 6) is 0.385. The summed E-state index contributed by atoms with van der Waals surface area (Å²) in [6.45, 7) is 3.29. The highest BCUT2D eigenvalue weighted by molar-refractivity contribution is 5.75. The van der Waals surface area contributed by atoms with Gasteiger partial charge in [0.15, 0.2) is 0 Å². The Morgan fingerprint density at radius 2 is 2.24 bits per heavy atom. The van der Waals surface area contributed by atoms with Gasteiger partial charge in [-0.1, -0.05) is 13.0 Å². The minimum Gasteiger partial charge on any atom is -0.507 e. The first kappa shape index (κ1) is 13.3. The van der Waals surface area contributed by atoms with Crippen LogP contribution in [0.5, 0.6) is 11.5 Å². The summed E-state index contributed by atoms with van der Waals surface area (Å²) >= 11 is 0. The fourth-order valence-electron chi connectivity index (χ4n) is 1.55. The molecule has 0 bridgehead atoms. The van der Waals surface area contributed by atoms with Crippen molar-refractivity contribution in [1.82, 2.24) is 4.90 Å². The Kier molecular flexibility index (Phi) is 4.78. The van der Waals surface area contributed by atoms with Crippen molar-refractivity contribution in [2.45, 2.75) is 13.5 Å². The molecule has 17 heavy (non-hydrogen) atoms. The molecule has 1 aromatic rings. The van der Waals surface area contributed by atoms with Gasteiger partial charge in [0.25, 0.3) is 0 Å². The average molecular weight is 238 g/mol. The number of phenolic OH excluding ortho intramolecular Hbond substituents is 1. The maximum atomic E-state index is 10.8.